The summed E-state index contributed by atoms with van der Waals surface area (Å²) in [6.07, 6.45) is 5.48. The normalized spacial score (nSPS) is 18.1. The Morgan fingerprint density at radius 3 is 2.15 bits per heavy atom. The zero-order valence-corrected chi connectivity index (χ0v) is 20.0. The molecule has 0 aromatic heterocycles. The van der Waals surface area contributed by atoms with Gasteiger partial charge in [0.25, 0.3) is 0 Å². The summed E-state index contributed by atoms with van der Waals surface area (Å²) in [6, 6.07) is 20.1. The Morgan fingerprint density at radius 1 is 0.882 bits per heavy atom. The molecule has 182 valence electrons. The van der Waals surface area contributed by atoms with Gasteiger partial charge in [-0.15, -0.1) is 0 Å². The molecular formula is C28H37N3O3. The number of benzene rings is 2. The molecule has 34 heavy (non-hydrogen) atoms. The Hall–Kier alpha value is -2.70. The second-order valence-corrected chi connectivity index (χ2v) is 9.41. The fraction of sp³-hybridized carbons (Fsp3) is 0.500. The van der Waals surface area contributed by atoms with Crippen LogP contribution in [0.1, 0.15) is 36.8 Å². The zero-order valence-electron chi connectivity index (χ0n) is 20.0. The van der Waals surface area contributed by atoms with Gasteiger partial charge in [0.1, 0.15) is 6.61 Å². The smallest absolute Gasteiger partial charge is 0.248 e. The van der Waals surface area contributed by atoms with Gasteiger partial charge >= 0.3 is 0 Å². The maximum Gasteiger partial charge on any atom is 0.248 e. The molecule has 0 spiro atoms. The summed E-state index contributed by atoms with van der Waals surface area (Å²) in [5, 5.41) is 3.20. The van der Waals surface area contributed by atoms with Gasteiger partial charge in [0.2, 0.25) is 11.8 Å². The Kier molecular flexibility index (Phi) is 9.11. The van der Waals surface area contributed by atoms with Gasteiger partial charge in [0, 0.05) is 32.7 Å². The average molecular weight is 464 g/mol. The number of hydrogen-bond donors (Lipinski definition) is 1. The minimum Gasteiger partial charge on any atom is -0.367 e. The molecule has 0 radical (unpaired) electrons. The van der Waals surface area contributed by atoms with E-state index < -0.39 is 0 Å². The Balaban J connectivity index is 1.25. The topological polar surface area (TPSA) is 61.9 Å². The maximum absolute atomic E-state index is 13.3. The van der Waals surface area contributed by atoms with Gasteiger partial charge in [-0.1, -0.05) is 73.5 Å². The lowest BCUT2D eigenvalue weighted by Crippen LogP contribution is -2.58. The lowest BCUT2D eigenvalue weighted by atomic mass is 9.95. The van der Waals surface area contributed by atoms with E-state index in [-0.39, 0.29) is 24.5 Å². The molecule has 2 aliphatic rings. The number of piperazine rings is 1. The van der Waals surface area contributed by atoms with E-state index in [2.05, 4.69) is 22.3 Å². The van der Waals surface area contributed by atoms with Crippen molar-refractivity contribution in [2.75, 3.05) is 39.3 Å². The van der Waals surface area contributed by atoms with E-state index in [4.69, 9.17) is 4.74 Å². The summed E-state index contributed by atoms with van der Waals surface area (Å²) < 4.78 is 5.64. The van der Waals surface area contributed by atoms with Crippen LogP contribution < -0.4 is 5.32 Å². The number of rotatable bonds is 10. The molecule has 2 fully saturated rings. The summed E-state index contributed by atoms with van der Waals surface area (Å²) in [4.78, 5) is 30.1. The first-order valence-corrected chi connectivity index (χ1v) is 12.7. The van der Waals surface area contributed by atoms with Crippen LogP contribution in [0.15, 0.2) is 60.7 Å². The number of hydrogen-bond acceptors (Lipinski definition) is 4. The predicted molar refractivity (Wildman–Crippen MR) is 133 cm³/mol. The molecule has 1 N–H and O–H groups in total. The monoisotopic (exact) mass is 463 g/mol. The quantitative estimate of drug-likeness (QED) is 0.588. The van der Waals surface area contributed by atoms with E-state index in [1.165, 1.54) is 18.4 Å². The van der Waals surface area contributed by atoms with Crippen LogP contribution in [0.5, 0.6) is 0 Å². The van der Waals surface area contributed by atoms with Crippen LogP contribution in [0.2, 0.25) is 0 Å². The number of ether oxygens (including phenoxy) is 1. The molecule has 2 amide bonds. The summed E-state index contributed by atoms with van der Waals surface area (Å²) in [7, 11) is 0. The molecule has 1 aliphatic heterocycles. The predicted octanol–water partition coefficient (Wildman–Crippen LogP) is 3.27. The Bertz CT molecular complexity index is 892. The van der Waals surface area contributed by atoms with Gasteiger partial charge in [-0.3, -0.25) is 14.5 Å². The minimum atomic E-state index is -0.0927. The molecule has 4 rings (SSSR count). The van der Waals surface area contributed by atoms with Crippen molar-refractivity contribution >= 4 is 11.8 Å². The molecule has 6 heteroatoms. The van der Waals surface area contributed by atoms with Crippen molar-refractivity contribution in [3.63, 3.8) is 0 Å². The standard InChI is InChI=1S/C28H37N3O3/c32-26(22-34-21-24-11-5-2-6-12-24)30-17-19-31(20-18-30)27(25-13-7-8-14-25)28(33)29-16-15-23-9-3-1-4-10-23/h1-6,9-12,25,27H,7-8,13-22H2,(H,29,33)/t27-/m0/s1. The number of carbonyl (C=O) groups excluding carboxylic acids is 2. The molecule has 2 aromatic rings. The van der Waals surface area contributed by atoms with Gasteiger partial charge < -0.3 is 15.0 Å². The molecule has 1 aliphatic carbocycles. The minimum absolute atomic E-state index is 0.0281. The van der Waals surface area contributed by atoms with Crippen molar-refractivity contribution in [2.45, 2.75) is 44.8 Å². The highest BCUT2D eigenvalue weighted by Gasteiger charge is 2.37. The molecule has 1 atom stereocenters. The van der Waals surface area contributed by atoms with Gasteiger partial charge in [-0.2, -0.15) is 0 Å². The van der Waals surface area contributed by atoms with Gasteiger partial charge in [0.05, 0.1) is 12.6 Å². The number of nitrogens with zero attached hydrogens (tertiary/aromatic N) is 2. The Morgan fingerprint density at radius 2 is 1.50 bits per heavy atom. The van der Waals surface area contributed by atoms with Crippen molar-refractivity contribution in [3.05, 3.63) is 71.8 Å². The highest BCUT2D eigenvalue weighted by atomic mass is 16.5. The van der Waals surface area contributed by atoms with Crippen LogP contribution >= 0.6 is 0 Å². The molecule has 6 nitrogen and oxygen atoms in total. The van der Waals surface area contributed by atoms with E-state index in [1.54, 1.807) is 0 Å². The van der Waals surface area contributed by atoms with Crippen LogP contribution in [0, 0.1) is 5.92 Å². The SMILES string of the molecule is O=C(NCCc1ccccc1)[C@H](C1CCCC1)N1CCN(C(=O)COCc2ccccc2)CC1. The molecule has 1 saturated heterocycles. The second-order valence-electron chi connectivity index (χ2n) is 9.41. The second kappa shape index (κ2) is 12.7. The molecule has 0 unspecified atom stereocenters. The van der Waals surface area contributed by atoms with Crippen LogP contribution in [0.3, 0.4) is 0 Å². The van der Waals surface area contributed by atoms with E-state index in [0.717, 1.165) is 37.9 Å². The molecular weight excluding hydrogens is 426 g/mol. The zero-order chi connectivity index (χ0) is 23.6. The number of amides is 2. The highest BCUT2D eigenvalue weighted by molar-refractivity contribution is 5.82. The van der Waals surface area contributed by atoms with Gasteiger partial charge in [0.15, 0.2) is 0 Å². The summed E-state index contributed by atoms with van der Waals surface area (Å²) in [5.74, 6) is 0.585. The van der Waals surface area contributed by atoms with Crippen molar-refractivity contribution in [2.24, 2.45) is 5.92 Å². The van der Waals surface area contributed by atoms with Gasteiger partial charge in [-0.25, -0.2) is 0 Å². The average Bonchev–Trinajstić information content (AvgIpc) is 3.40. The number of carbonyl (C=O) groups is 2. The third-order valence-electron chi connectivity index (χ3n) is 7.07. The first kappa shape index (κ1) is 24.4. The first-order valence-electron chi connectivity index (χ1n) is 12.7. The van der Waals surface area contributed by atoms with Crippen molar-refractivity contribution in [3.8, 4) is 0 Å². The van der Waals surface area contributed by atoms with Crippen LogP contribution in [0.4, 0.5) is 0 Å². The van der Waals surface area contributed by atoms with Crippen molar-refractivity contribution in [1.29, 1.82) is 0 Å². The van der Waals surface area contributed by atoms with Crippen molar-refractivity contribution < 1.29 is 14.3 Å². The van der Waals surface area contributed by atoms with Crippen LogP contribution in [-0.4, -0.2) is 67.0 Å². The summed E-state index contributed by atoms with van der Waals surface area (Å²) in [6.45, 7) is 3.96. The Labute approximate surface area is 203 Å². The first-order chi connectivity index (χ1) is 16.7. The maximum atomic E-state index is 13.3. The molecule has 0 bridgehead atoms. The fourth-order valence-electron chi connectivity index (χ4n) is 5.20. The lowest BCUT2D eigenvalue weighted by Gasteiger charge is -2.40. The third kappa shape index (κ3) is 6.90. The third-order valence-corrected chi connectivity index (χ3v) is 7.07. The number of nitrogens with one attached hydrogen (secondary N) is 1. The van der Waals surface area contributed by atoms with Crippen LogP contribution in [-0.2, 0) is 27.4 Å². The fourth-order valence-corrected chi connectivity index (χ4v) is 5.20. The lowest BCUT2D eigenvalue weighted by molar-refractivity contribution is -0.139. The van der Waals surface area contributed by atoms with Crippen LogP contribution in [0.25, 0.3) is 0 Å². The summed E-state index contributed by atoms with van der Waals surface area (Å²) in [5.41, 5.74) is 2.31. The molecule has 1 saturated carbocycles. The molecule has 2 aromatic carbocycles. The van der Waals surface area contributed by atoms with E-state index >= 15 is 0 Å². The summed E-state index contributed by atoms with van der Waals surface area (Å²) >= 11 is 0. The van der Waals surface area contributed by atoms with E-state index in [0.29, 0.717) is 32.2 Å². The highest BCUT2D eigenvalue weighted by Crippen LogP contribution is 2.31. The van der Waals surface area contributed by atoms with Crippen molar-refractivity contribution in [1.82, 2.24) is 15.1 Å². The molecule has 1 heterocycles. The van der Waals surface area contributed by atoms with Gasteiger partial charge in [-0.05, 0) is 36.3 Å². The van der Waals surface area contributed by atoms with E-state index in [1.807, 2.05) is 53.4 Å². The largest absolute Gasteiger partial charge is 0.367 e. The van der Waals surface area contributed by atoms with E-state index in [9.17, 15) is 9.59 Å².